The lowest BCUT2D eigenvalue weighted by Gasteiger charge is -2.21. The van der Waals surface area contributed by atoms with Gasteiger partial charge in [0.15, 0.2) is 12.2 Å². The van der Waals surface area contributed by atoms with Crippen molar-refractivity contribution in [2.75, 3.05) is 39.6 Å². The third-order valence-electron chi connectivity index (χ3n) is 15.3. The molecule has 0 rings (SSSR count). The van der Waals surface area contributed by atoms with E-state index in [0.29, 0.717) is 25.7 Å². The number of hydrogen-bond donors (Lipinski definition) is 3. The van der Waals surface area contributed by atoms with Crippen LogP contribution in [0.25, 0.3) is 0 Å². The van der Waals surface area contributed by atoms with Crippen molar-refractivity contribution in [3.8, 4) is 0 Å². The van der Waals surface area contributed by atoms with Crippen molar-refractivity contribution in [3.05, 3.63) is 0 Å². The molecule has 5 atom stereocenters. The minimum absolute atomic E-state index is 0.103. The van der Waals surface area contributed by atoms with Crippen molar-refractivity contribution in [2.45, 2.75) is 355 Å². The van der Waals surface area contributed by atoms with Crippen LogP contribution in [0.5, 0.6) is 0 Å². The van der Waals surface area contributed by atoms with Crippen LogP contribution in [0.2, 0.25) is 0 Å². The summed E-state index contributed by atoms with van der Waals surface area (Å²) >= 11 is 0. The van der Waals surface area contributed by atoms with E-state index in [4.69, 9.17) is 37.0 Å². The zero-order chi connectivity index (χ0) is 62.8. The van der Waals surface area contributed by atoms with Crippen LogP contribution >= 0.6 is 15.6 Å². The van der Waals surface area contributed by atoms with Gasteiger partial charge >= 0.3 is 39.5 Å². The second-order valence-corrected chi connectivity index (χ2v) is 27.2. The molecule has 0 amide bonds. The molecule has 0 aliphatic carbocycles. The van der Waals surface area contributed by atoms with E-state index >= 15 is 0 Å². The van der Waals surface area contributed by atoms with Gasteiger partial charge in [-0.25, -0.2) is 9.13 Å². The van der Waals surface area contributed by atoms with Crippen LogP contribution in [-0.2, 0) is 65.4 Å². The largest absolute Gasteiger partial charge is 0.472 e. The number of carbonyl (C=O) groups excluding carboxylic acids is 4. The lowest BCUT2D eigenvalue weighted by Crippen LogP contribution is -2.30. The Morgan fingerprint density at radius 2 is 0.541 bits per heavy atom. The monoisotopic (exact) mass is 1250 g/mol. The Bertz CT molecular complexity index is 1650. The van der Waals surface area contributed by atoms with E-state index in [2.05, 4.69) is 34.6 Å². The quantitative estimate of drug-likeness (QED) is 0.0222. The Kier molecular flexibility index (Phi) is 58.3. The van der Waals surface area contributed by atoms with Gasteiger partial charge in [-0.15, -0.1) is 0 Å². The van der Waals surface area contributed by atoms with Gasteiger partial charge in [-0.3, -0.25) is 37.3 Å². The summed E-state index contributed by atoms with van der Waals surface area (Å²) in [5.74, 6) is -1.34. The summed E-state index contributed by atoms with van der Waals surface area (Å²) in [5.41, 5.74) is 0. The highest BCUT2D eigenvalue weighted by Crippen LogP contribution is 2.45. The molecular formula is C66H128O17P2. The van der Waals surface area contributed by atoms with E-state index in [-0.39, 0.29) is 25.7 Å². The maximum absolute atomic E-state index is 13.0. The van der Waals surface area contributed by atoms with E-state index in [1.54, 1.807) is 0 Å². The molecule has 0 aliphatic heterocycles. The second-order valence-electron chi connectivity index (χ2n) is 24.3. The first-order valence-corrected chi connectivity index (χ1v) is 37.6. The van der Waals surface area contributed by atoms with Gasteiger partial charge in [-0.1, -0.05) is 285 Å². The average molecular weight is 1260 g/mol. The molecule has 19 heteroatoms. The van der Waals surface area contributed by atoms with Crippen molar-refractivity contribution < 1.29 is 80.2 Å². The molecule has 0 spiro atoms. The van der Waals surface area contributed by atoms with Gasteiger partial charge in [0.2, 0.25) is 0 Å². The van der Waals surface area contributed by atoms with E-state index in [1.165, 1.54) is 141 Å². The number of ether oxygens (including phenoxy) is 4. The summed E-state index contributed by atoms with van der Waals surface area (Å²) in [6.45, 7) is 7.11. The molecule has 0 saturated heterocycles. The van der Waals surface area contributed by atoms with Crippen LogP contribution in [0.1, 0.15) is 336 Å². The minimum Gasteiger partial charge on any atom is -0.462 e. The number of unbranched alkanes of at least 4 members (excludes halogenated alkanes) is 38. The Hall–Kier alpha value is -1.94. The second kappa shape index (κ2) is 59.7. The molecule has 2 unspecified atom stereocenters. The van der Waals surface area contributed by atoms with Crippen molar-refractivity contribution in [3.63, 3.8) is 0 Å². The van der Waals surface area contributed by atoms with Crippen molar-refractivity contribution in [1.82, 2.24) is 0 Å². The lowest BCUT2D eigenvalue weighted by atomic mass is 10.0. The topological polar surface area (TPSA) is 237 Å². The zero-order valence-corrected chi connectivity index (χ0v) is 56.5. The molecule has 3 N–H and O–H groups in total. The smallest absolute Gasteiger partial charge is 0.462 e. The SMILES string of the molecule is CCCCCCCCCCCCCCCCCC(=O)OC[C@H](COP(=O)(O)OC[C@@H](O)COP(=O)(O)OC[C@@H](COC(=O)CCCCCCC)OC(=O)CCCCCCCCC)OC(=O)CCCCCCCCCCCCCCCCCC(C)C. The molecule has 0 aromatic heterocycles. The van der Waals surface area contributed by atoms with Gasteiger partial charge in [-0.2, -0.15) is 0 Å². The number of aliphatic hydroxyl groups is 1. The highest BCUT2D eigenvalue weighted by Gasteiger charge is 2.30. The van der Waals surface area contributed by atoms with Crippen molar-refractivity contribution in [2.24, 2.45) is 5.92 Å². The first-order chi connectivity index (χ1) is 41.0. The summed E-state index contributed by atoms with van der Waals surface area (Å²) in [6, 6.07) is 0. The van der Waals surface area contributed by atoms with Gasteiger partial charge in [0, 0.05) is 25.7 Å². The fourth-order valence-electron chi connectivity index (χ4n) is 9.94. The van der Waals surface area contributed by atoms with Gasteiger partial charge < -0.3 is 33.8 Å². The molecular weight excluding hydrogens is 1130 g/mol. The standard InChI is InChI=1S/C66H128O17P2/c1-6-9-12-15-17-18-19-20-22-26-29-32-36-40-45-50-64(69)77-56-62(83-66(71)52-47-42-37-33-30-27-24-21-23-25-28-31-35-39-43-48-59(4)5)58-81-85(74,75)79-54-60(67)53-78-84(72,73)80-57-61(55-76-63(68)49-44-38-14-11-8-3)82-65(70)51-46-41-34-16-13-10-7-2/h59-62,67H,6-58H2,1-5H3,(H,72,73)(H,74,75)/t60-,61+,62+/m0/s1. The summed E-state index contributed by atoms with van der Waals surface area (Å²) in [6.07, 6.45) is 45.0. The third kappa shape index (κ3) is 60.7. The van der Waals surface area contributed by atoms with Gasteiger partial charge in [-0.05, 0) is 31.6 Å². The predicted octanol–water partition coefficient (Wildman–Crippen LogP) is 18.6. The van der Waals surface area contributed by atoms with Gasteiger partial charge in [0.1, 0.15) is 19.3 Å². The van der Waals surface area contributed by atoms with Crippen LogP contribution < -0.4 is 0 Å². The fourth-order valence-corrected chi connectivity index (χ4v) is 11.5. The van der Waals surface area contributed by atoms with Crippen molar-refractivity contribution >= 4 is 39.5 Å². The first kappa shape index (κ1) is 83.1. The Morgan fingerprint density at radius 1 is 0.318 bits per heavy atom. The number of carbonyl (C=O) groups is 4. The molecule has 85 heavy (non-hydrogen) atoms. The molecule has 0 aromatic rings. The molecule has 0 aliphatic rings. The van der Waals surface area contributed by atoms with Gasteiger partial charge in [0.25, 0.3) is 0 Å². The Labute approximate surface area is 517 Å². The number of hydrogen-bond acceptors (Lipinski definition) is 15. The summed E-state index contributed by atoms with van der Waals surface area (Å²) < 4.78 is 67.8. The van der Waals surface area contributed by atoms with Crippen LogP contribution in [0.15, 0.2) is 0 Å². The van der Waals surface area contributed by atoms with Gasteiger partial charge in [0.05, 0.1) is 26.4 Å². The highest BCUT2D eigenvalue weighted by atomic mass is 31.2. The maximum atomic E-state index is 13.0. The average Bonchev–Trinajstić information content (AvgIpc) is 3.56. The summed E-state index contributed by atoms with van der Waals surface area (Å²) in [4.78, 5) is 71.9. The van der Waals surface area contributed by atoms with E-state index in [9.17, 15) is 43.2 Å². The molecule has 0 aromatic carbocycles. The summed E-state index contributed by atoms with van der Waals surface area (Å²) in [7, 11) is -9.87. The highest BCUT2D eigenvalue weighted by molar-refractivity contribution is 7.47. The van der Waals surface area contributed by atoms with Crippen molar-refractivity contribution in [1.29, 1.82) is 0 Å². The number of phosphoric acid groups is 2. The lowest BCUT2D eigenvalue weighted by molar-refractivity contribution is -0.161. The number of phosphoric ester groups is 2. The molecule has 0 radical (unpaired) electrons. The van der Waals surface area contributed by atoms with E-state index in [0.717, 1.165) is 115 Å². The minimum atomic E-state index is -4.94. The van der Waals surface area contributed by atoms with Crippen LogP contribution in [0.3, 0.4) is 0 Å². The summed E-state index contributed by atoms with van der Waals surface area (Å²) in [5, 5.41) is 10.5. The zero-order valence-electron chi connectivity index (χ0n) is 54.7. The third-order valence-corrected chi connectivity index (χ3v) is 17.2. The molecule has 0 bridgehead atoms. The number of aliphatic hydroxyl groups excluding tert-OH is 1. The Morgan fingerprint density at radius 3 is 0.800 bits per heavy atom. The fraction of sp³-hybridized carbons (Fsp3) is 0.939. The maximum Gasteiger partial charge on any atom is 0.472 e. The molecule has 0 saturated carbocycles. The molecule has 504 valence electrons. The number of esters is 4. The van der Waals surface area contributed by atoms with Crippen LogP contribution in [-0.4, -0.2) is 96.7 Å². The van der Waals surface area contributed by atoms with Crippen LogP contribution in [0, 0.1) is 5.92 Å². The molecule has 0 fully saturated rings. The number of rotatable bonds is 66. The normalized spacial score (nSPS) is 14.2. The molecule has 0 heterocycles. The van der Waals surface area contributed by atoms with E-state index < -0.39 is 97.5 Å². The predicted molar refractivity (Wildman–Crippen MR) is 340 cm³/mol. The first-order valence-electron chi connectivity index (χ1n) is 34.6. The van der Waals surface area contributed by atoms with Crippen LogP contribution in [0.4, 0.5) is 0 Å². The van der Waals surface area contributed by atoms with E-state index in [1.807, 2.05) is 0 Å². The molecule has 17 nitrogen and oxygen atoms in total. The Balaban J connectivity index is 5.12.